The summed E-state index contributed by atoms with van der Waals surface area (Å²) >= 11 is -1.24. The molecule has 2 aromatic heterocycles. The van der Waals surface area contributed by atoms with E-state index < -0.39 is 11.4 Å². The third-order valence-electron chi connectivity index (χ3n) is 3.35. The first-order valence-electron chi connectivity index (χ1n) is 6.90. The number of imidazole rings is 1. The first-order valence-corrected chi connectivity index (χ1v) is 8.00. The highest BCUT2D eigenvalue weighted by Crippen LogP contribution is 2.41. The molecular weight excluding hydrogens is 270 g/mol. The maximum atomic E-state index is 12.0. The standard InChI is InChI=1S/C15H19N3OS/c1-15(2,3)20(19)16-10-12-14(11-7-8-11)18-9-5-4-6-13(18)17-12/h4-6,9-11H,7-8H2,1-3H3/b16-10+. The quantitative estimate of drug-likeness (QED) is 0.644. The van der Waals surface area contributed by atoms with Crippen LogP contribution in [0.2, 0.25) is 0 Å². The summed E-state index contributed by atoms with van der Waals surface area (Å²) in [5, 5.41) is 0. The molecule has 20 heavy (non-hydrogen) atoms. The fourth-order valence-electron chi connectivity index (χ4n) is 2.15. The third kappa shape index (κ3) is 2.60. The number of rotatable bonds is 3. The third-order valence-corrected chi connectivity index (χ3v) is 4.70. The van der Waals surface area contributed by atoms with Crippen LogP contribution in [0.4, 0.5) is 0 Å². The van der Waals surface area contributed by atoms with E-state index >= 15 is 0 Å². The first kappa shape index (κ1) is 13.6. The topological polar surface area (TPSA) is 52.7 Å². The maximum absolute atomic E-state index is 12.0. The normalized spacial score (nSPS) is 18.0. The largest absolute Gasteiger partial charge is 0.591 e. The summed E-state index contributed by atoms with van der Waals surface area (Å²) in [4.78, 5) is 4.61. The number of fused-ring (bicyclic) bond motifs is 1. The van der Waals surface area contributed by atoms with Crippen molar-refractivity contribution in [2.45, 2.75) is 44.3 Å². The monoisotopic (exact) mass is 289 g/mol. The Morgan fingerprint density at radius 2 is 2.15 bits per heavy atom. The zero-order valence-corrected chi connectivity index (χ0v) is 12.9. The van der Waals surface area contributed by atoms with Gasteiger partial charge in [0, 0.05) is 12.1 Å². The zero-order chi connectivity index (χ0) is 14.3. The van der Waals surface area contributed by atoms with Gasteiger partial charge in [0.15, 0.2) is 0 Å². The van der Waals surface area contributed by atoms with Crippen molar-refractivity contribution in [3.05, 3.63) is 35.8 Å². The van der Waals surface area contributed by atoms with Gasteiger partial charge in [-0.3, -0.25) is 0 Å². The molecule has 0 aromatic carbocycles. The fraction of sp³-hybridized carbons (Fsp3) is 0.467. The van der Waals surface area contributed by atoms with Crippen LogP contribution in [0.5, 0.6) is 0 Å². The van der Waals surface area contributed by atoms with E-state index in [1.807, 2.05) is 45.2 Å². The smallest absolute Gasteiger partial charge is 0.144 e. The number of pyridine rings is 1. The zero-order valence-electron chi connectivity index (χ0n) is 12.0. The van der Waals surface area contributed by atoms with Crippen molar-refractivity contribution in [1.82, 2.24) is 9.38 Å². The second kappa shape index (κ2) is 4.90. The fourth-order valence-corrected chi connectivity index (χ4v) is 2.66. The van der Waals surface area contributed by atoms with Crippen LogP contribution in [0.3, 0.4) is 0 Å². The molecule has 1 unspecified atom stereocenters. The Morgan fingerprint density at radius 1 is 1.40 bits per heavy atom. The highest BCUT2D eigenvalue weighted by atomic mass is 32.2. The molecule has 1 aliphatic rings. The lowest BCUT2D eigenvalue weighted by molar-refractivity contribution is 0.562. The van der Waals surface area contributed by atoms with Gasteiger partial charge in [0.2, 0.25) is 0 Å². The average molecular weight is 289 g/mol. The summed E-state index contributed by atoms with van der Waals surface area (Å²) in [6.07, 6.45) is 6.12. The van der Waals surface area contributed by atoms with E-state index in [1.165, 1.54) is 18.5 Å². The molecule has 0 radical (unpaired) electrons. The van der Waals surface area contributed by atoms with E-state index in [-0.39, 0.29) is 4.75 Å². The molecule has 1 fully saturated rings. The molecule has 0 bridgehead atoms. The Bertz CT molecular complexity index is 653. The van der Waals surface area contributed by atoms with Crippen LogP contribution in [0.25, 0.3) is 5.65 Å². The van der Waals surface area contributed by atoms with Crippen LogP contribution in [-0.2, 0) is 11.4 Å². The summed E-state index contributed by atoms with van der Waals surface area (Å²) < 4.78 is 18.0. The van der Waals surface area contributed by atoms with Gasteiger partial charge in [0.25, 0.3) is 0 Å². The predicted octanol–water partition coefficient (Wildman–Crippen LogP) is 3.09. The van der Waals surface area contributed by atoms with E-state index in [4.69, 9.17) is 0 Å². The van der Waals surface area contributed by atoms with Crippen molar-refractivity contribution < 1.29 is 4.55 Å². The van der Waals surface area contributed by atoms with Gasteiger partial charge < -0.3 is 8.95 Å². The molecular formula is C15H19N3OS. The Kier molecular flexibility index (Phi) is 3.34. The SMILES string of the molecule is CC(C)(C)[S+]([O-])/N=C/c1nc2ccccn2c1C1CC1. The van der Waals surface area contributed by atoms with Crippen LogP contribution >= 0.6 is 0 Å². The number of aromatic nitrogens is 2. The summed E-state index contributed by atoms with van der Waals surface area (Å²) in [6, 6.07) is 5.98. The highest BCUT2D eigenvalue weighted by molar-refractivity contribution is 7.91. The van der Waals surface area contributed by atoms with Gasteiger partial charge in [-0.05, 0) is 45.7 Å². The van der Waals surface area contributed by atoms with Crippen LogP contribution in [0.15, 0.2) is 28.8 Å². The van der Waals surface area contributed by atoms with Crippen LogP contribution in [0.1, 0.15) is 50.9 Å². The highest BCUT2D eigenvalue weighted by Gasteiger charge is 2.31. The molecule has 2 heterocycles. The summed E-state index contributed by atoms with van der Waals surface area (Å²) in [5.41, 5.74) is 2.99. The Labute approximate surface area is 122 Å². The van der Waals surface area contributed by atoms with Gasteiger partial charge in [0.05, 0.1) is 5.69 Å². The van der Waals surface area contributed by atoms with Crippen molar-refractivity contribution in [1.29, 1.82) is 0 Å². The molecule has 1 atom stereocenters. The van der Waals surface area contributed by atoms with Crippen LogP contribution in [-0.4, -0.2) is 24.9 Å². The van der Waals surface area contributed by atoms with Crippen molar-refractivity contribution in [3.8, 4) is 0 Å². The van der Waals surface area contributed by atoms with Crippen molar-refractivity contribution >= 4 is 23.2 Å². The van der Waals surface area contributed by atoms with Crippen molar-refractivity contribution in [2.75, 3.05) is 0 Å². The van der Waals surface area contributed by atoms with Crippen LogP contribution in [0, 0.1) is 0 Å². The molecule has 2 aromatic rings. The lowest BCUT2D eigenvalue weighted by Crippen LogP contribution is -2.25. The van der Waals surface area contributed by atoms with E-state index in [0.717, 1.165) is 11.3 Å². The van der Waals surface area contributed by atoms with Gasteiger partial charge in [0.1, 0.15) is 33.7 Å². The average Bonchev–Trinajstić information content (AvgIpc) is 3.15. The first-order chi connectivity index (χ1) is 9.47. The van der Waals surface area contributed by atoms with E-state index in [1.54, 1.807) is 6.21 Å². The van der Waals surface area contributed by atoms with Gasteiger partial charge in [-0.2, -0.15) is 0 Å². The Balaban J connectivity index is 1.99. The van der Waals surface area contributed by atoms with Gasteiger partial charge >= 0.3 is 0 Å². The molecule has 106 valence electrons. The maximum Gasteiger partial charge on any atom is 0.144 e. The second-order valence-electron chi connectivity index (χ2n) is 6.18. The molecule has 0 N–H and O–H groups in total. The second-order valence-corrected chi connectivity index (χ2v) is 8.12. The minimum Gasteiger partial charge on any atom is -0.591 e. The minimum absolute atomic E-state index is 0.338. The number of hydrogen-bond donors (Lipinski definition) is 0. The van der Waals surface area contributed by atoms with Gasteiger partial charge in [-0.25, -0.2) is 4.98 Å². The number of hydrogen-bond acceptors (Lipinski definition) is 3. The van der Waals surface area contributed by atoms with E-state index in [2.05, 4.69) is 13.8 Å². The molecule has 0 saturated heterocycles. The van der Waals surface area contributed by atoms with E-state index in [0.29, 0.717) is 5.92 Å². The van der Waals surface area contributed by atoms with E-state index in [9.17, 15) is 4.55 Å². The van der Waals surface area contributed by atoms with Crippen molar-refractivity contribution in [3.63, 3.8) is 0 Å². The predicted molar refractivity (Wildman–Crippen MR) is 82.7 cm³/mol. The Hall–Kier alpha value is -1.33. The summed E-state index contributed by atoms with van der Waals surface area (Å²) in [7, 11) is 0. The molecule has 3 rings (SSSR count). The van der Waals surface area contributed by atoms with Crippen LogP contribution < -0.4 is 0 Å². The summed E-state index contributed by atoms with van der Waals surface area (Å²) in [6.45, 7) is 5.77. The molecule has 5 heteroatoms. The number of nitrogens with zero attached hydrogens (tertiary/aromatic N) is 3. The van der Waals surface area contributed by atoms with Gasteiger partial charge in [-0.15, -0.1) is 0 Å². The molecule has 0 aliphatic heterocycles. The molecule has 1 aliphatic carbocycles. The summed E-state index contributed by atoms with van der Waals surface area (Å²) in [5.74, 6) is 0.567. The van der Waals surface area contributed by atoms with Crippen molar-refractivity contribution in [2.24, 2.45) is 4.40 Å². The van der Waals surface area contributed by atoms with Gasteiger partial charge in [-0.1, -0.05) is 10.5 Å². The minimum atomic E-state index is -1.24. The lowest BCUT2D eigenvalue weighted by atomic mass is 10.2. The lowest BCUT2D eigenvalue weighted by Gasteiger charge is -2.17. The Morgan fingerprint density at radius 3 is 2.80 bits per heavy atom. The molecule has 4 nitrogen and oxygen atoms in total. The molecule has 0 amide bonds. The molecule has 0 spiro atoms. The molecule has 1 saturated carbocycles.